The molecule has 0 rings (SSSR count). The highest BCUT2D eigenvalue weighted by Gasteiger charge is 2.27. The Morgan fingerprint density at radius 2 is 0.626 bits per heavy atom. The zero-order valence-electron chi connectivity index (χ0n) is 60.6. The minimum atomic E-state index is -4.40. The molecule has 2 unspecified atom stereocenters. The van der Waals surface area contributed by atoms with E-state index in [0.29, 0.717) is 17.4 Å². The topological polar surface area (TPSA) is 108 Å². The van der Waals surface area contributed by atoms with Crippen molar-refractivity contribution in [1.82, 2.24) is 0 Å². The van der Waals surface area contributed by atoms with Gasteiger partial charge in [-0.1, -0.05) is 369 Å². The van der Waals surface area contributed by atoms with Gasteiger partial charge in [0.2, 0.25) is 0 Å². The number of carbonyl (C=O) groups is 2. The Balaban J connectivity index is 3.95. The van der Waals surface area contributed by atoms with Crippen LogP contribution in [0.1, 0.15) is 367 Å². The zero-order chi connectivity index (χ0) is 66.2. The summed E-state index contributed by atoms with van der Waals surface area (Å²) in [6.45, 7) is 4.34. The highest BCUT2D eigenvalue weighted by Crippen LogP contribution is 2.43. The molecule has 0 aromatic carbocycles. The summed E-state index contributed by atoms with van der Waals surface area (Å²) >= 11 is 0. The van der Waals surface area contributed by atoms with Crippen LogP contribution < -0.4 is 0 Å². The number of phosphoric ester groups is 1. The van der Waals surface area contributed by atoms with Gasteiger partial charge in [-0.25, -0.2) is 4.57 Å². The van der Waals surface area contributed by atoms with Crippen LogP contribution in [-0.4, -0.2) is 74.9 Å². The predicted molar refractivity (Wildman–Crippen MR) is 395 cm³/mol. The number of likely N-dealkylation sites (N-methyl/N-ethyl adjacent to an activating group) is 1. The second kappa shape index (κ2) is 71.5. The quantitative estimate of drug-likeness (QED) is 0.0211. The number of esters is 2. The average Bonchev–Trinajstić information content (AvgIpc) is 3.74. The van der Waals surface area contributed by atoms with Gasteiger partial charge in [-0.05, 0) is 70.6 Å². The van der Waals surface area contributed by atoms with Gasteiger partial charge in [-0.3, -0.25) is 18.6 Å². The van der Waals surface area contributed by atoms with Gasteiger partial charge in [0.05, 0.1) is 27.7 Å². The number of hydrogen-bond acceptors (Lipinski definition) is 7. The number of quaternary nitrogens is 1. The van der Waals surface area contributed by atoms with Gasteiger partial charge in [-0.15, -0.1) is 0 Å². The first-order valence-electron chi connectivity index (χ1n) is 38.8. The molecule has 0 aliphatic carbocycles. The summed E-state index contributed by atoms with van der Waals surface area (Å²) in [5.41, 5.74) is 0. The molecule has 9 nitrogen and oxygen atoms in total. The second-order valence-corrected chi connectivity index (χ2v) is 28.8. The third kappa shape index (κ3) is 76.1. The minimum Gasteiger partial charge on any atom is -0.462 e. The Hall–Kier alpha value is -2.81. The fourth-order valence-corrected chi connectivity index (χ4v) is 12.0. The van der Waals surface area contributed by atoms with Crippen molar-refractivity contribution in [2.45, 2.75) is 373 Å². The van der Waals surface area contributed by atoms with Crippen molar-refractivity contribution in [2.24, 2.45) is 0 Å². The maximum atomic E-state index is 12.9. The molecule has 0 fully saturated rings. The van der Waals surface area contributed by atoms with Crippen LogP contribution in [0, 0.1) is 0 Å². The van der Waals surface area contributed by atoms with Crippen LogP contribution in [0.5, 0.6) is 0 Å². The molecule has 0 amide bonds. The van der Waals surface area contributed by atoms with Gasteiger partial charge >= 0.3 is 19.8 Å². The maximum absolute atomic E-state index is 12.9. The average molecular weight is 1300 g/mol. The molecule has 1 N–H and O–H groups in total. The highest BCUT2D eigenvalue weighted by atomic mass is 31.2. The molecule has 0 spiro atoms. The Morgan fingerprint density at radius 3 is 0.934 bits per heavy atom. The van der Waals surface area contributed by atoms with Crippen LogP contribution in [0.4, 0.5) is 0 Å². The Labute approximate surface area is 564 Å². The molecule has 0 aromatic heterocycles. The van der Waals surface area contributed by atoms with Crippen LogP contribution >= 0.6 is 7.82 Å². The first kappa shape index (κ1) is 88.2. The van der Waals surface area contributed by atoms with Crippen molar-refractivity contribution in [2.75, 3.05) is 47.5 Å². The van der Waals surface area contributed by atoms with E-state index in [-0.39, 0.29) is 32.0 Å². The third-order valence-electron chi connectivity index (χ3n) is 17.2. The maximum Gasteiger partial charge on any atom is 0.472 e. The lowest BCUT2D eigenvalue weighted by Crippen LogP contribution is -2.37. The number of phosphoric acid groups is 1. The number of nitrogens with zero attached hydrogens (tertiary/aromatic N) is 1. The van der Waals surface area contributed by atoms with E-state index in [1.165, 1.54) is 238 Å². The number of hydrogen-bond donors (Lipinski definition) is 1. The molecule has 0 aliphatic heterocycles. The molecule has 2 atom stereocenters. The number of ether oxygens (including phenoxy) is 2. The van der Waals surface area contributed by atoms with Crippen LogP contribution in [-0.2, 0) is 32.7 Å². The zero-order valence-corrected chi connectivity index (χ0v) is 61.5. The van der Waals surface area contributed by atoms with Gasteiger partial charge < -0.3 is 18.9 Å². The Kier molecular flexibility index (Phi) is 69.3. The second-order valence-electron chi connectivity index (χ2n) is 27.4. The molecule has 0 radical (unpaired) electrons. The summed E-state index contributed by atoms with van der Waals surface area (Å²) in [5, 5.41) is 0. The van der Waals surface area contributed by atoms with E-state index in [4.69, 9.17) is 18.5 Å². The molecule has 0 aliphatic rings. The van der Waals surface area contributed by atoms with E-state index in [1.807, 2.05) is 21.1 Å². The van der Waals surface area contributed by atoms with Gasteiger partial charge in [0.15, 0.2) is 6.10 Å². The third-order valence-corrected chi connectivity index (χ3v) is 18.2. The van der Waals surface area contributed by atoms with Crippen molar-refractivity contribution in [3.8, 4) is 0 Å². The summed E-state index contributed by atoms with van der Waals surface area (Å²) in [4.78, 5) is 35.9. The SMILES string of the molecule is CC/C=C\C/C=C\C/C=C\C/C=C\C/C=C\C/C=C\C/C=C\CCCCCCCC(=O)OC(COC(=O)CCCCCCCCCCCCCCCCCCCCCCCCCCCCCCCCCCCCCCCCCC)COP(=O)(O)OCC[N+](C)(C)C. The summed E-state index contributed by atoms with van der Waals surface area (Å²) in [6.07, 6.45) is 98.8. The summed E-state index contributed by atoms with van der Waals surface area (Å²) in [6, 6.07) is 0. The monoisotopic (exact) mass is 1300 g/mol. The number of rotatable bonds is 72. The van der Waals surface area contributed by atoms with E-state index in [1.54, 1.807) is 0 Å². The Bertz CT molecular complexity index is 1810. The van der Waals surface area contributed by atoms with Crippen molar-refractivity contribution < 1.29 is 42.1 Å². The first-order valence-corrected chi connectivity index (χ1v) is 40.3. The molecule has 0 aromatic rings. The molecule has 0 saturated carbocycles. The summed E-state index contributed by atoms with van der Waals surface area (Å²) < 4.78 is 34.7. The van der Waals surface area contributed by atoms with Gasteiger partial charge in [0, 0.05) is 12.8 Å². The van der Waals surface area contributed by atoms with Crippen LogP contribution in [0.2, 0.25) is 0 Å². The van der Waals surface area contributed by atoms with Crippen LogP contribution in [0.15, 0.2) is 85.1 Å². The molecule has 0 saturated heterocycles. The normalized spacial score (nSPS) is 13.5. The van der Waals surface area contributed by atoms with E-state index in [2.05, 4.69) is 98.9 Å². The fraction of sp³-hybridized carbons (Fsp3) is 0.802. The summed E-state index contributed by atoms with van der Waals surface area (Å²) in [5.74, 6) is -0.810. The van der Waals surface area contributed by atoms with Crippen LogP contribution in [0.3, 0.4) is 0 Å². The lowest BCUT2D eigenvalue weighted by Gasteiger charge is -2.24. The molecular formula is C81H149NO8P+. The van der Waals surface area contributed by atoms with Crippen molar-refractivity contribution >= 4 is 19.8 Å². The standard InChI is InChI=1S/C81H148NO8P/c1-6-8-10-12-14-16-18-20-22-24-26-28-30-32-34-35-36-37-38-39-40-41-42-43-44-45-46-48-49-51-53-55-57-59-61-63-65-67-69-71-73-80(83)87-77-79(78-89-91(85,86)88-76-75-82(3,4)5)90-81(84)74-72-70-68-66-64-62-60-58-56-54-52-50-47-33-31-29-27-25-23-21-19-17-15-13-11-9-7-2/h9,11,15,17,21,23,27,29,33,47,52,54,58,60,79H,6-8,10,12-14,16,18-20,22,24-26,28,30-32,34-46,48-51,53,55-57,59,61-78H2,1-5H3/p+1/b11-9-,17-15-,23-21-,29-27-,47-33-,54-52-,60-58-. The molecule has 91 heavy (non-hydrogen) atoms. The Morgan fingerprint density at radius 1 is 0.352 bits per heavy atom. The minimum absolute atomic E-state index is 0.0249. The fourth-order valence-electron chi connectivity index (χ4n) is 11.3. The lowest BCUT2D eigenvalue weighted by atomic mass is 10.0. The van der Waals surface area contributed by atoms with Crippen molar-refractivity contribution in [1.29, 1.82) is 0 Å². The summed E-state index contributed by atoms with van der Waals surface area (Å²) in [7, 11) is 1.47. The molecule has 10 heteroatoms. The van der Waals surface area contributed by atoms with Crippen molar-refractivity contribution in [3.05, 3.63) is 85.1 Å². The first-order chi connectivity index (χ1) is 44.5. The number of carbonyl (C=O) groups excluding carboxylic acids is 2. The van der Waals surface area contributed by atoms with Gasteiger partial charge in [-0.2, -0.15) is 0 Å². The lowest BCUT2D eigenvalue weighted by molar-refractivity contribution is -0.870. The molecule has 0 bridgehead atoms. The van der Waals surface area contributed by atoms with Gasteiger partial charge in [0.1, 0.15) is 19.8 Å². The van der Waals surface area contributed by atoms with E-state index >= 15 is 0 Å². The molecule has 0 heterocycles. The highest BCUT2D eigenvalue weighted by molar-refractivity contribution is 7.47. The van der Waals surface area contributed by atoms with E-state index < -0.39 is 26.5 Å². The largest absolute Gasteiger partial charge is 0.472 e. The predicted octanol–water partition coefficient (Wildman–Crippen LogP) is 25.7. The smallest absolute Gasteiger partial charge is 0.462 e. The van der Waals surface area contributed by atoms with Gasteiger partial charge in [0.25, 0.3) is 0 Å². The molecular weight excluding hydrogens is 1150 g/mol. The number of allylic oxidation sites excluding steroid dienone is 14. The number of unbranched alkanes of at least 4 members (excludes halogenated alkanes) is 44. The van der Waals surface area contributed by atoms with Crippen LogP contribution in [0.25, 0.3) is 0 Å². The van der Waals surface area contributed by atoms with Crippen molar-refractivity contribution in [3.63, 3.8) is 0 Å². The van der Waals surface area contributed by atoms with E-state index in [0.717, 1.165) is 96.3 Å². The van der Waals surface area contributed by atoms with E-state index in [9.17, 15) is 19.0 Å². The molecule has 530 valence electrons.